The molecule has 0 aliphatic heterocycles. The molecule has 0 spiro atoms. The van der Waals surface area contributed by atoms with E-state index in [1.807, 2.05) is 30.3 Å². The van der Waals surface area contributed by atoms with Crippen LogP contribution < -0.4 is 15.2 Å². The number of aromatic nitrogens is 3. The lowest BCUT2D eigenvalue weighted by Crippen LogP contribution is -2.18. The summed E-state index contributed by atoms with van der Waals surface area (Å²) >= 11 is 4.94. The lowest BCUT2D eigenvalue weighted by Gasteiger charge is -2.12. The minimum atomic E-state index is -0.200. The maximum absolute atomic E-state index is 12.1. The Morgan fingerprint density at radius 1 is 1.15 bits per heavy atom. The van der Waals surface area contributed by atoms with Gasteiger partial charge in [0.2, 0.25) is 0 Å². The maximum Gasteiger partial charge on any atom is 0.343 e. The van der Waals surface area contributed by atoms with Crippen LogP contribution >= 0.6 is 27.7 Å². The summed E-state index contributed by atoms with van der Waals surface area (Å²) < 4.78 is 13.3. The van der Waals surface area contributed by atoms with E-state index in [2.05, 4.69) is 38.3 Å². The van der Waals surface area contributed by atoms with E-state index in [4.69, 9.17) is 9.47 Å². The molecule has 1 N–H and O–H groups in total. The number of nitrogens with one attached hydrogen (secondary N) is 1. The van der Waals surface area contributed by atoms with E-state index in [1.54, 1.807) is 18.8 Å². The molecule has 0 fully saturated rings. The van der Waals surface area contributed by atoms with Gasteiger partial charge >= 0.3 is 5.69 Å². The molecule has 2 aromatic carbocycles. The molecule has 1 aromatic heterocycles. The molecule has 0 unspecified atom stereocenters. The Labute approximate surface area is 170 Å². The zero-order valence-electron chi connectivity index (χ0n) is 15.1. The van der Waals surface area contributed by atoms with Crippen LogP contribution in [0.4, 0.5) is 0 Å². The molecule has 27 heavy (non-hydrogen) atoms. The number of rotatable bonds is 8. The fourth-order valence-electron chi connectivity index (χ4n) is 2.67. The van der Waals surface area contributed by atoms with Crippen LogP contribution in [0.3, 0.4) is 0 Å². The Hall–Kier alpha value is -2.19. The highest BCUT2D eigenvalue weighted by atomic mass is 79.9. The Morgan fingerprint density at radius 3 is 2.59 bits per heavy atom. The predicted molar refractivity (Wildman–Crippen MR) is 110 cm³/mol. The van der Waals surface area contributed by atoms with Gasteiger partial charge in [0.15, 0.2) is 5.16 Å². The average Bonchev–Trinajstić information content (AvgIpc) is 3.05. The van der Waals surface area contributed by atoms with E-state index in [9.17, 15) is 4.79 Å². The smallest absolute Gasteiger partial charge is 0.343 e. The van der Waals surface area contributed by atoms with Gasteiger partial charge in [-0.2, -0.15) is 0 Å². The molecule has 0 saturated carbocycles. The summed E-state index contributed by atoms with van der Waals surface area (Å²) in [4.78, 5) is 12.1. The molecule has 8 heteroatoms. The molecule has 0 saturated heterocycles. The molecule has 1 heterocycles. The molecular weight excluding hydrogens is 430 g/mol. The third-order valence-corrected chi connectivity index (χ3v) is 5.75. The Balaban J connectivity index is 1.75. The number of hydrogen-bond donors (Lipinski definition) is 1. The number of aromatic amines is 1. The first-order valence-corrected chi connectivity index (χ1v) is 10.1. The van der Waals surface area contributed by atoms with Crippen molar-refractivity contribution < 1.29 is 9.47 Å². The molecule has 3 rings (SSSR count). The van der Waals surface area contributed by atoms with Crippen molar-refractivity contribution >= 4 is 27.7 Å². The average molecular weight is 450 g/mol. The number of methoxy groups -OCH3 is 2. The number of halogens is 1. The third kappa shape index (κ3) is 4.75. The van der Waals surface area contributed by atoms with Crippen molar-refractivity contribution in [2.45, 2.75) is 23.9 Å². The van der Waals surface area contributed by atoms with Gasteiger partial charge in [-0.05, 0) is 40.0 Å². The quantitative estimate of drug-likeness (QED) is 0.528. The van der Waals surface area contributed by atoms with Crippen LogP contribution in [-0.2, 0) is 18.7 Å². The second-order valence-corrected chi connectivity index (χ2v) is 7.58. The van der Waals surface area contributed by atoms with E-state index in [-0.39, 0.29) is 5.69 Å². The summed E-state index contributed by atoms with van der Waals surface area (Å²) in [6, 6.07) is 13.9. The number of nitrogens with zero attached hydrogens (tertiary/aromatic N) is 2. The van der Waals surface area contributed by atoms with E-state index < -0.39 is 0 Å². The first-order valence-electron chi connectivity index (χ1n) is 8.34. The normalized spacial score (nSPS) is 10.8. The lowest BCUT2D eigenvalue weighted by atomic mass is 10.1. The second-order valence-electron chi connectivity index (χ2n) is 5.79. The first kappa shape index (κ1) is 19.6. The highest BCUT2D eigenvalue weighted by Gasteiger charge is 2.13. The summed E-state index contributed by atoms with van der Waals surface area (Å²) in [5.74, 6) is 2.08. The SMILES string of the molecule is COc1cc(CSc2n[nH]c(=O)n2CCc2ccccc2)c(OC)cc1Br. The van der Waals surface area contributed by atoms with Crippen molar-refractivity contribution in [1.82, 2.24) is 14.8 Å². The molecule has 0 amide bonds. The maximum atomic E-state index is 12.1. The number of aryl methyl sites for hydroxylation is 1. The summed E-state index contributed by atoms with van der Waals surface area (Å²) in [6.45, 7) is 0.572. The van der Waals surface area contributed by atoms with Crippen molar-refractivity contribution in [3.05, 3.63) is 68.5 Å². The van der Waals surface area contributed by atoms with Crippen LogP contribution in [-0.4, -0.2) is 29.0 Å². The van der Waals surface area contributed by atoms with Gasteiger partial charge in [-0.25, -0.2) is 9.89 Å². The first-order chi connectivity index (χ1) is 13.1. The molecule has 0 aliphatic rings. The van der Waals surface area contributed by atoms with Crippen LogP contribution in [0.25, 0.3) is 0 Å². The van der Waals surface area contributed by atoms with E-state index in [0.717, 1.165) is 28.0 Å². The topological polar surface area (TPSA) is 69.1 Å². The van der Waals surface area contributed by atoms with Crippen LogP contribution in [0.2, 0.25) is 0 Å². The van der Waals surface area contributed by atoms with Crippen LogP contribution in [0.1, 0.15) is 11.1 Å². The molecule has 0 bridgehead atoms. The molecule has 0 atom stereocenters. The fourth-order valence-corrected chi connectivity index (χ4v) is 4.11. The summed E-state index contributed by atoms with van der Waals surface area (Å²) in [7, 11) is 3.26. The highest BCUT2D eigenvalue weighted by Crippen LogP contribution is 2.35. The highest BCUT2D eigenvalue weighted by molar-refractivity contribution is 9.10. The monoisotopic (exact) mass is 449 g/mol. The summed E-state index contributed by atoms with van der Waals surface area (Å²) in [6.07, 6.45) is 0.767. The Morgan fingerprint density at radius 2 is 1.89 bits per heavy atom. The van der Waals surface area contributed by atoms with Crippen molar-refractivity contribution in [2.24, 2.45) is 0 Å². The fraction of sp³-hybridized carbons (Fsp3) is 0.263. The van der Waals surface area contributed by atoms with Gasteiger partial charge in [-0.1, -0.05) is 42.1 Å². The number of ether oxygens (including phenoxy) is 2. The second kappa shape index (κ2) is 9.14. The van der Waals surface area contributed by atoms with Crippen molar-refractivity contribution in [3.8, 4) is 11.5 Å². The Kier molecular flexibility index (Phi) is 6.63. The molecule has 3 aromatic rings. The van der Waals surface area contributed by atoms with E-state index in [0.29, 0.717) is 17.5 Å². The molecule has 0 aliphatic carbocycles. The summed E-state index contributed by atoms with van der Waals surface area (Å²) in [5.41, 5.74) is 1.95. The van der Waals surface area contributed by atoms with Crippen molar-refractivity contribution in [1.29, 1.82) is 0 Å². The van der Waals surface area contributed by atoms with Gasteiger partial charge in [0.05, 0.1) is 18.7 Å². The zero-order valence-corrected chi connectivity index (χ0v) is 17.5. The molecule has 0 radical (unpaired) electrons. The van der Waals surface area contributed by atoms with Crippen LogP contribution in [0.15, 0.2) is 56.9 Å². The largest absolute Gasteiger partial charge is 0.496 e. The summed E-state index contributed by atoms with van der Waals surface area (Å²) in [5, 5.41) is 7.36. The van der Waals surface area contributed by atoms with E-state index in [1.165, 1.54) is 17.3 Å². The molecular formula is C19H20BrN3O3S. The standard InChI is InChI=1S/C19H20BrN3O3S/c1-25-16-11-15(20)17(26-2)10-14(16)12-27-19-22-21-18(24)23(19)9-8-13-6-4-3-5-7-13/h3-7,10-11H,8-9,12H2,1-2H3,(H,21,24). The van der Waals surface area contributed by atoms with Crippen molar-refractivity contribution in [3.63, 3.8) is 0 Å². The van der Waals surface area contributed by atoms with Gasteiger partial charge < -0.3 is 9.47 Å². The van der Waals surface area contributed by atoms with Gasteiger partial charge in [-0.15, -0.1) is 5.10 Å². The number of hydrogen-bond acceptors (Lipinski definition) is 5. The van der Waals surface area contributed by atoms with Crippen molar-refractivity contribution in [2.75, 3.05) is 14.2 Å². The number of H-pyrrole nitrogens is 1. The van der Waals surface area contributed by atoms with E-state index >= 15 is 0 Å². The zero-order chi connectivity index (χ0) is 19.2. The van der Waals surface area contributed by atoms with Crippen LogP contribution in [0.5, 0.6) is 11.5 Å². The van der Waals surface area contributed by atoms with Gasteiger partial charge in [0, 0.05) is 17.9 Å². The minimum Gasteiger partial charge on any atom is -0.496 e. The third-order valence-electron chi connectivity index (χ3n) is 4.10. The van der Waals surface area contributed by atoms with Gasteiger partial charge in [0.1, 0.15) is 11.5 Å². The van der Waals surface area contributed by atoms with Gasteiger partial charge in [0.25, 0.3) is 0 Å². The molecule has 6 nitrogen and oxygen atoms in total. The number of benzene rings is 2. The minimum absolute atomic E-state index is 0.200. The lowest BCUT2D eigenvalue weighted by molar-refractivity contribution is 0.398. The Bertz CT molecular complexity index is 957. The van der Waals surface area contributed by atoms with Crippen LogP contribution in [0, 0.1) is 0 Å². The predicted octanol–water partition coefficient (Wildman–Crippen LogP) is 3.89. The van der Waals surface area contributed by atoms with Gasteiger partial charge in [-0.3, -0.25) is 4.57 Å². The number of thioether (sulfide) groups is 1. The molecule has 142 valence electrons.